The first-order chi connectivity index (χ1) is 19.1. The van der Waals surface area contributed by atoms with Crippen molar-refractivity contribution in [3.8, 4) is 5.75 Å². The van der Waals surface area contributed by atoms with Gasteiger partial charge in [-0.1, -0.05) is 48.5 Å². The topological polar surface area (TPSA) is 103 Å². The molecule has 8 nitrogen and oxygen atoms in total. The van der Waals surface area contributed by atoms with E-state index in [1.165, 1.54) is 16.0 Å². The fraction of sp³-hybridized carbons (Fsp3) is 0.400. The summed E-state index contributed by atoms with van der Waals surface area (Å²) in [5, 5.41) is 4.30. The molecule has 0 bridgehead atoms. The molecule has 4 rings (SSSR count). The molecule has 2 heterocycles. The van der Waals surface area contributed by atoms with E-state index >= 15 is 0 Å². The number of hydrogen-bond acceptors (Lipinski definition) is 8. The van der Waals surface area contributed by atoms with Gasteiger partial charge >= 0.3 is 6.09 Å². The van der Waals surface area contributed by atoms with Crippen molar-refractivity contribution in [2.24, 2.45) is 5.73 Å². The number of nitrogens with one attached hydrogen (secondary N) is 1. The molecule has 210 valence electrons. The van der Waals surface area contributed by atoms with Crippen LogP contribution in [-0.4, -0.2) is 50.7 Å². The maximum absolute atomic E-state index is 12.3. The van der Waals surface area contributed by atoms with Crippen molar-refractivity contribution >= 4 is 28.7 Å². The second kappa shape index (κ2) is 16.5. The lowest BCUT2D eigenvalue weighted by Gasteiger charge is -2.26. The molecule has 0 fully saturated rings. The van der Waals surface area contributed by atoms with Crippen LogP contribution >= 0.6 is 11.3 Å². The Bertz CT molecular complexity index is 1170. The maximum Gasteiger partial charge on any atom is 0.410 e. The van der Waals surface area contributed by atoms with E-state index in [1.807, 2.05) is 68.6 Å². The Labute approximate surface area is 235 Å². The number of para-hydroxylation sites is 1. The van der Waals surface area contributed by atoms with Crippen molar-refractivity contribution in [1.29, 1.82) is 0 Å². The number of rotatable bonds is 12. The fourth-order valence-corrected chi connectivity index (χ4v) is 5.55. The molecule has 1 aliphatic rings. The zero-order valence-corrected chi connectivity index (χ0v) is 23.6. The van der Waals surface area contributed by atoms with Crippen LogP contribution in [0, 0.1) is 0 Å². The summed E-state index contributed by atoms with van der Waals surface area (Å²) in [6.45, 7) is 5.55. The highest BCUT2D eigenvalue weighted by atomic mass is 32.1. The number of nitrogens with two attached hydrogens (primary N) is 1. The number of carbonyl (C=O) groups excluding carboxylic acids is 2. The van der Waals surface area contributed by atoms with E-state index in [2.05, 4.69) is 5.32 Å². The smallest absolute Gasteiger partial charge is 0.410 e. The Kier molecular flexibility index (Phi) is 12.8. The molecule has 0 unspecified atom stereocenters. The molecule has 0 saturated heterocycles. The summed E-state index contributed by atoms with van der Waals surface area (Å²) in [6.07, 6.45) is 2.79. The molecular formula is C30H39N3O5S. The minimum absolute atomic E-state index is 0.259. The Morgan fingerprint density at radius 1 is 1.13 bits per heavy atom. The average Bonchev–Trinajstić information content (AvgIpc) is 3.34. The Morgan fingerprint density at radius 2 is 1.90 bits per heavy atom. The van der Waals surface area contributed by atoms with Crippen LogP contribution < -0.4 is 15.8 Å². The van der Waals surface area contributed by atoms with Gasteiger partial charge in [0.2, 0.25) is 0 Å². The molecule has 3 aromatic rings. The Hall–Kier alpha value is -3.40. The first-order valence-electron chi connectivity index (χ1n) is 13.3. The van der Waals surface area contributed by atoms with E-state index in [4.69, 9.17) is 19.9 Å². The predicted octanol–water partition coefficient (Wildman–Crippen LogP) is 5.18. The Balaban J connectivity index is 0.000000272. The molecule has 3 N–H and O–H groups in total. The number of anilines is 1. The molecule has 9 heteroatoms. The van der Waals surface area contributed by atoms with Crippen LogP contribution in [-0.2, 0) is 46.8 Å². The van der Waals surface area contributed by atoms with Gasteiger partial charge in [0, 0.05) is 37.0 Å². The number of ether oxygens (including phenoxy) is 3. The first kappa shape index (κ1) is 30.1. The van der Waals surface area contributed by atoms with Crippen molar-refractivity contribution in [3.05, 3.63) is 81.7 Å². The molecule has 0 atom stereocenters. The van der Waals surface area contributed by atoms with Crippen LogP contribution in [0.4, 0.5) is 9.80 Å². The molecule has 39 heavy (non-hydrogen) atoms. The van der Waals surface area contributed by atoms with Crippen LogP contribution in [0.2, 0.25) is 0 Å². The van der Waals surface area contributed by atoms with Crippen LogP contribution in [0.25, 0.3) is 0 Å². The number of fused-ring (bicyclic) bond motifs is 1. The van der Waals surface area contributed by atoms with E-state index in [0.717, 1.165) is 41.0 Å². The molecule has 0 aliphatic carbocycles. The van der Waals surface area contributed by atoms with Crippen molar-refractivity contribution < 1.29 is 23.8 Å². The third kappa shape index (κ3) is 9.09. The van der Waals surface area contributed by atoms with Gasteiger partial charge in [0.15, 0.2) is 0 Å². The van der Waals surface area contributed by atoms with Crippen molar-refractivity contribution in [2.45, 2.75) is 45.9 Å². The number of thiophene rings is 1. The van der Waals surface area contributed by atoms with Gasteiger partial charge in [-0.25, -0.2) is 4.79 Å². The summed E-state index contributed by atoms with van der Waals surface area (Å²) in [5.74, 6) is 0.895. The molecule has 0 spiro atoms. The number of carbonyl (C=O) groups is 2. The third-order valence-corrected chi connectivity index (χ3v) is 7.50. The van der Waals surface area contributed by atoms with Gasteiger partial charge in [-0.2, -0.15) is 0 Å². The van der Waals surface area contributed by atoms with Gasteiger partial charge in [0.1, 0.15) is 18.6 Å². The SMILES string of the molecule is CCOc1ccccc1CCC=O.CNc1sc2c(c1CN)CCN(C(=O)OCCOCc1ccccc1)C2. The van der Waals surface area contributed by atoms with E-state index < -0.39 is 0 Å². The quantitative estimate of drug-likeness (QED) is 0.235. The number of amides is 1. The number of benzene rings is 2. The van der Waals surface area contributed by atoms with E-state index in [1.54, 1.807) is 16.2 Å². The molecular weight excluding hydrogens is 514 g/mol. The second-order valence-corrected chi connectivity index (χ2v) is 9.94. The summed E-state index contributed by atoms with van der Waals surface area (Å²) < 4.78 is 16.3. The summed E-state index contributed by atoms with van der Waals surface area (Å²) >= 11 is 1.67. The van der Waals surface area contributed by atoms with E-state index in [-0.39, 0.29) is 12.7 Å². The molecule has 1 aliphatic heterocycles. The van der Waals surface area contributed by atoms with Crippen molar-refractivity contribution in [2.75, 3.05) is 38.7 Å². The summed E-state index contributed by atoms with van der Waals surface area (Å²) in [7, 11) is 1.90. The lowest BCUT2D eigenvalue weighted by atomic mass is 10.0. The molecule has 0 radical (unpaired) electrons. The van der Waals surface area contributed by atoms with Gasteiger partial charge in [-0.3, -0.25) is 0 Å². The first-order valence-corrected chi connectivity index (χ1v) is 14.1. The van der Waals surface area contributed by atoms with Gasteiger partial charge in [0.05, 0.1) is 31.4 Å². The molecule has 2 aromatic carbocycles. The average molecular weight is 554 g/mol. The second-order valence-electron chi connectivity index (χ2n) is 8.84. The maximum atomic E-state index is 12.3. The minimum atomic E-state index is -0.285. The summed E-state index contributed by atoms with van der Waals surface area (Å²) in [4.78, 5) is 25.4. The van der Waals surface area contributed by atoms with Gasteiger partial charge < -0.3 is 35.0 Å². The summed E-state index contributed by atoms with van der Waals surface area (Å²) in [5.41, 5.74) is 10.6. The lowest BCUT2D eigenvalue weighted by Crippen LogP contribution is -2.36. The monoisotopic (exact) mass is 553 g/mol. The summed E-state index contributed by atoms with van der Waals surface area (Å²) in [6, 6.07) is 17.8. The van der Waals surface area contributed by atoms with Gasteiger partial charge in [-0.15, -0.1) is 11.3 Å². The predicted molar refractivity (Wildman–Crippen MR) is 155 cm³/mol. The van der Waals surface area contributed by atoms with Crippen LogP contribution in [0.3, 0.4) is 0 Å². The zero-order valence-electron chi connectivity index (χ0n) is 22.8. The zero-order chi connectivity index (χ0) is 27.9. The van der Waals surface area contributed by atoms with Crippen LogP contribution in [0.5, 0.6) is 5.75 Å². The Morgan fingerprint density at radius 3 is 2.62 bits per heavy atom. The normalized spacial score (nSPS) is 12.1. The molecule has 0 saturated carbocycles. The molecule has 1 amide bonds. The number of nitrogens with zero attached hydrogens (tertiary/aromatic N) is 1. The third-order valence-electron chi connectivity index (χ3n) is 6.22. The van der Waals surface area contributed by atoms with Crippen LogP contribution in [0.15, 0.2) is 54.6 Å². The van der Waals surface area contributed by atoms with Gasteiger partial charge in [-0.05, 0) is 42.5 Å². The number of aldehydes is 1. The van der Waals surface area contributed by atoms with Crippen LogP contribution in [0.1, 0.15) is 40.5 Å². The minimum Gasteiger partial charge on any atom is -0.494 e. The van der Waals surface area contributed by atoms with Gasteiger partial charge in [0.25, 0.3) is 0 Å². The molecule has 1 aromatic heterocycles. The standard InChI is InChI=1S/C19H25N3O3S.C11H14O2/c1-21-18-16(11-20)15-7-8-22(12-17(15)26-18)19(23)25-10-9-24-13-14-5-3-2-4-6-14;1-2-13-11-8-4-3-6-10(11)7-5-9-12/h2-6,21H,7-13,20H2,1H3;3-4,6,8-9H,2,5,7H2,1H3. The lowest BCUT2D eigenvalue weighted by molar-refractivity contribution is -0.107. The fourth-order valence-electron chi connectivity index (χ4n) is 4.31. The largest absolute Gasteiger partial charge is 0.494 e. The highest BCUT2D eigenvalue weighted by molar-refractivity contribution is 7.16. The van der Waals surface area contributed by atoms with E-state index in [9.17, 15) is 9.59 Å². The number of aryl methyl sites for hydroxylation is 1. The van der Waals surface area contributed by atoms with Crippen molar-refractivity contribution in [3.63, 3.8) is 0 Å². The number of hydrogen-bond donors (Lipinski definition) is 2. The highest BCUT2D eigenvalue weighted by Gasteiger charge is 2.26. The van der Waals surface area contributed by atoms with E-state index in [0.29, 0.717) is 45.9 Å². The highest BCUT2D eigenvalue weighted by Crippen LogP contribution is 2.36. The van der Waals surface area contributed by atoms with Crippen molar-refractivity contribution in [1.82, 2.24) is 4.90 Å².